The Morgan fingerprint density at radius 3 is 2.38 bits per heavy atom. The lowest BCUT2D eigenvalue weighted by atomic mass is 10.2. The zero-order valence-corrected chi connectivity index (χ0v) is 12.7. The first kappa shape index (κ1) is 15.4. The monoisotopic (exact) mass is 321 g/mol. The van der Waals surface area contributed by atoms with Crippen molar-refractivity contribution in [2.24, 2.45) is 0 Å². The van der Waals surface area contributed by atoms with Crippen LogP contribution in [-0.2, 0) is 4.79 Å². The fourth-order valence-corrected chi connectivity index (χ4v) is 2.79. The summed E-state index contributed by atoms with van der Waals surface area (Å²) in [6.07, 6.45) is 0. The number of rotatable bonds is 4. The van der Waals surface area contributed by atoms with E-state index in [1.54, 1.807) is 24.3 Å². The van der Waals surface area contributed by atoms with Gasteiger partial charge in [-0.1, -0.05) is 23.4 Å². The van der Waals surface area contributed by atoms with Crippen LogP contribution in [0.25, 0.3) is 0 Å². The van der Waals surface area contributed by atoms with Crippen LogP contribution in [0.4, 0.5) is 5.69 Å². The van der Waals surface area contributed by atoms with Crippen LogP contribution in [0.3, 0.4) is 0 Å². The molecular weight excluding hydrogens is 310 g/mol. The molecule has 0 atom stereocenters. The van der Waals surface area contributed by atoms with Crippen molar-refractivity contribution in [1.82, 2.24) is 0 Å². The summed E-state index contributed by atoms with van der Waals surface area (Å²) in [5, 5.41) is 12.3. The molecule has 0 radical (unpaired) electrons. The molecule has 2 N–H and O–H groups in total. The van der Waals surface area contributed by atoms with Crippen molar-refractivity contribution >= 4 is 40.9 Å². The van der Waals surface area contributed by atoms with Crippen molar-refractivity contribution in [3.8, 4) is 0 Å². The predicted octanol–water partition coefficient (Wildman–Crippen LogP) is 4.15. The van der Waals surface area contributed by atoms with Gasteiger partial charge in [0.1, 0.15) is 0 Å². The van der Waals surface area contributed by atoms with Crippen molar-refractivity contribution in [1.29, 1.82) is 0 Å². The summed E-state index contributed by atoms with van der Waals surface area (Å²) in [5.74, 6) is -1.16. The molecule has 2 rings (SSSR count). The molecule has 0 heterocycles. The number of carbonyl (C=O) groups excluding carboxylic acids is 1. The highest BCUT2D eigenvalue weighted by Crippen LogP contribution is 2.32. The predicted molar refractivity (Wildman–Crippen MR) is 83.3 cm³/mol. The van der Waals surface area contributed by atoms with Gasteiger partial charge in [0.2, 0.25) is 5.91 Å². The molecule has 4 nitrogen and oxygen atoms in total. The van der Waals surface area contributed by atoms with E-state index in [9.17, 15) is 14.7 Å². The summed E-state index contributed by atoms with van der Waals surface area (Å²) in [7, 11) is 0. The standard InChI is InChI=1S/C15H12ClNO3S/c1-9(18)17-11-3-5-12(6-4-11)21-14-7-2-10(16)8-13(14)15(19)20/h2-8H,1H3,(H,17,18)(H,19,20). The maximum Gasteiger partial charge on any atom is 0.336 e. The summed E-state index contributed by atoms with van der Waals surface area (Å²) >= 11 is 7.15. The van der Waals surface area contributed by atoms with Gasteiger partial charge in [-0.25, -0.2) is 4.79 Å². The molecule has 0 fully saturated rings. The highest BCUT2D eigenvalue weighted by atomic mass is 35.5. The Morgan fingerprint density at radius 2 is 1.81 bits per heavy atom. The van der Waals surface area contributed by atoms with Gasteiger partial charge in [-0.2, -0.15) is 0 Å². The van der Waals surface area contributed by atoms with E-state index in [2.05, 4.69) is 5.32 Å². The number of hydrogen-bond acceptors (Lipinski definition) is 3. The fraction of sp³-hybridized carbons (Fsp3) is 0.0667. The van der Waals surface area contributed by atoms with E-state index in [1.165, 1.54) is 24.8 Å². The number of carboxylic acids is 1. The number of carbonyl (C=O) groups is 2. The molecule has 0 aromatic heterocycles. The van der Waals surface area contributed by atoms with Gasteiger partial charge in [-0.15, -0.1) is 0 Å². The molecule has 2 aromatic carbocycles. The molecule has 0 saturated heterocycles. The van der Waals surface area contributed by atoms with Crippen LogP contribution >= 0.6 is 23.4 Å². The maximum atomic E-state index is 11.2. The lowest BCUT2D eigenvalue weighted by Gasteiger charge is -2.07. The first-order valence-electron chi connectivity index (χ1n) is 6.04. The first-order chi connectivity index (χ1) is 9.95. The average molecular weight is 322 g/mol. The molecule has 0 unspecified atom stereocenters. The Hall–Kier alpha value is -1.98. The topological polar surface area (TPSA) is 66.4 Å². The lowest BCUT2D eigenvalue weighted by Crippen LogP contribution is -2.05. The number of nitrogens with one attached hydrogen (secondary N) is 1. The third kappa shape index (κ3) is 4.24. The smallest absolute Gasteiger partial charge is 0.336 e. The second-order valence-electron chi connectivity index (χ2n) is 4.25. The highest BCUT2D eigenvalue weighted by Gasteiger charge is 2.12. The largest absolute Gasteiger partial charge is 0.478 e. The van der Waals surface area contributed by atoms with Gasteiger partial charge in [0.25, 0.3) is 0 Å². The Bertz CT molecular complexity index is 686. The molecule has 0 bridgehead atoms. The van der Waals surface area contributed by atoms with Gasteiger partial charge in [-0.05, 0) is 42.5 Å². The molecule has 0 spiro atoms. The Balaban J connectivity index is 2.22. The van der Waals surface area contributed by atoms with Gasteiger partial charge >= 0.3 is 5.97 Å². The van der Waals surface area contributed by atoms with Gasteiger partial charge in [-0.3, -0.25) is 4.79 Å². The molecule has 21 heavy (non-hydrogen) atoms. The van der Waals surface area contributed by atoms with Crippen molar-refractivity contribution in [2.75, 3.05) is 5.32 Å². The van der Waals surface area contributed by atoms with Crippen molar-refractivity contribution in [3.05, 3.63) is 53.1 Å². The molecule has 0 aliphatic heterocycles. The van der Waals surface area contributed by atoms with E-state index < -0.39 is 5.97 Å². The van der Waals surface area contributed by atoms with Crippen molar-refractivity contribution < 1.29 is 14.7 Å². The van der Waals surface area contributed by atoms with Crippen LogP contribution in [0.1, 0.15) is 17.3 Å². The van der Waals surface area contributed by atoms with Gasteiger partial charge in [0.05, 0.1) is 5.56 Å². The number of benzene rings is 2. The van der Waals surface area contributed by atoms with Crippen LogP contribution in [0.5, 0.6) is 0 Å². The Morgan fingerprint density at radius 1 is 1.14 bits per heavy atom. The second-order valence-corrected chi connectivity index (χ2v) is 5.81. The summed E-state index contributed by atoms with van der Waals surface area (Å²) < 4.78 is 0. The maximum absolute atomic E-state index is 11.2. The molecule has 108 valence electrons. The Labute approximate surface area is 131 Å². The summed E-state index contributed by atoms with van der Waals surface area (Å²) in [6, 6.07) is 11.9. The van der Waals surface area contributed by atoms with E-state index in [0.717, 1.165) is 4.90 Å². The normalized spacial score (nSPS) is 10.2. The number of anilines is 1. The SMILES string of the molecule is CC(=O)Nc1ccc(Sc2ccc(Cl)cc2C(=O)O)cc1. The molecule has 6 heteroatoms. The van der Waals surface area contributed by atoms with Crippen LogP contribution in [-0.4, -0.2) is 17.0 Å². The Kier molecular flexibility index (Phi) is 4.88. The minimum absolute atomic E-state index is 0.138. The quantitative estimate of drug-likeness (QED) is 0.887. The summed E-state index contributed by atoms with van der Waals surface area (Å²) in [4.78, 5) is 23.6. The number of carboxylic acid groups (broad SMARTS) is 1. The van der Waals surface area contributed by atoms with E-state index in [4.69, 9.17) is 11.6 Å². The molecule has 2 aromatic rings. The third-order valence-electron chi connectivity index (χ3n) is 2.57. The van der Waals surface area contributed by atoms with Crippen LogP contribution in [0, 0.1) is 0 Å². The number of amides is 1. The molecule has 1 amide bonds. The third-order valence-corrected chi connectivity index (χ3v) is 3.89. The number of aromatic carboxylic acids is 1. The van der Waals surface area contributed by atoms with E-state index in [0.29, 0.717) is 15.6 Å². The lowest BCUT2D eigenvalue weighted by molar-refractivity contribution is -0.114. The van der Waals surface area contributed by atoms with Gasteiger partial charge < -0.3 is 10.4 Å². The number of hydrogen-bond donors (Lipinski definition) is 2. The van der Waals surface area contributed by atoms with Gasteiger partial charge in [0, 0.05) is 27.4 Å². The minimum Gasteiger partial charge on any atom is -0.478 e. The fourth-order valence-electron chi connectivity index (χ4n) is 1.69. The minimum atomic E-state index is -1.02. The van der Waals surface area contributed by atoms with Crippen LogP contribution in [0.15, 0.2) is 52.3 Å². The van der Waals surface area contributed by atoms with E-state index >= 15 is 0 Å². The van der Waals surface area contributed by atoms with Crippen LogP contribution < -0.4 is 5.32 Å². The summed E-state index contributed by atoms with van der Waals surface area (Å²) in [5.41, 5.74) is 0.861. The molecule has 0 aliphatic rings. The summed E-state index contributed by atoms with van der Waals surface area (Å²) in [6.45, 7) is 1.44. The highest BCUT2D eigenvalue weighted by molar-refractivity contribution is 7.99. The second kappa shape index (κ2) is 6.65. The zero-order valence-electron chi connectivity index (χ0n) is 11.1. The first-order valence-corrected chi connectivity index (χ1v) is 7.23. The van der Waals surface area contributed by atoms with Crippen LogP contribution in [0.2, 0.25) is 5.02 Å². The van der Waals surface area contributed by atoms with E-state index in [-0.39, 0.29) is 11.5 Å². The average Bonchev–Trinajstić information content (AvgIpc) is 2.42. The molecule has 0 aliphatic carbocycles. The molecular formula is C15H12ClNO3S. The zero-order chi connectivity index (χ0) is 15.4. The van der Waals surface area contributed by atoms with Crippen molar-refractivity contribution in [2.45, 2.75) is 16.7 Å². The molecule has 0 saturated carbocycles. The number of halogens is 1. The van der Waals surface area contributed by atoms with Crippen molar-refractivity contribution in [3.63, 3.8) is 0 Å². The van der Waals surface area contributed by atoms with Gasteiger partial charge in [0.15, 0.2) is 0 Å². The van der Waals surface area contributed by atoms with E-state index in [1.807, 2.05) is 12.1 Å².